The van der Waals surface area contributed by atoms with Crippen molar-refractivity contribution in [2.75, 3.05) is 5.73 Å². The van der Waals surface area contributed by atoms with Gasteiger partial charge in [-0.1, -0.05) is 72.2 Å². The molecule has 5 aliphatic rings. The second-order valence-corrected chi connectivity index (χ2v) is 18.0. The maximum atomic E-state index is 13.5. The van der Waals surface area contributed by atoms with Gasteiger partial charge in [0.15, 0.2) is 0 Å². The molecule has 6 heteroatoms. The highest BCUT2D eigenvalue weighted by atomic mass is 16.4. The lowest BCUT2D eigenvalue weighted by Crippen LogP contribution is -2.65. The van der Waals surface area contributed by atoms with Crippen LogP contribution in [0.2, 0.25) is 0 Å². The molecule has 3 saturated carbocycles. The molecule has 2 aromatic heterocycles. The van der Waals surface area contributed by atoms with E-state index in [1.54, 1.807) is 0 Å². The van der Waals surface area contributed by atoms with E-state index < -0.39 is 11.4 Å². The lowest BCUT2D eigenvalue weighted by molar-refractivity contribution is -0.175. The topological polar surface area (TPSA) is 108 Å². The number of nitrogen functional groups attached to an aromatic ring is 1. The number of aromatic nitrogens is 3. The number of nitrogens with one attached hydrogen (secondary N) is 2. The molecular formula is C39H52N4O2. The minimum atomic E-state index is -0.682. The third kappa shape index (κ3) is 3.52. The molecular weight excluding hydrogens is 556 g/mol. The van der Waals surface area contributed by atoms with Crippen molar-refractivity contribution in [3.63, 3.8) is 0 Å². The number of carboxylic acids is 1. The number of allylic oxidation sites excluding steroid dienone is 2. The summed E-state index contributed by atoms with van der Waals surface area (Å²) >= 11 is 0. The van der Waals surface area contributed by atoms with Gasteiger partial charge >= 0.3 is 5.97 Å². The van der Waals surface area contributed by atoms with E-state index >= 15 is 0 Å². The van der Waals surface area contributed by atoms with Crippen LogP contribution < -0.4 is 5.73 Å². The largest absolute Gasteiger partial charge is 0.481 e. The van der Waals surface area contributed by atoms with E-state index in [4.69, 9.17) is 5.73 Å². The quantitative estimate of drug-likeness (QED) is 0.233. The van der Waals surface area contributed by atoms with Crippen LogP contribution in [0.3, 0.4) is 0 Å². The average molecular weight is 609 g/mol. The maximum absolute atomic E-state index is 13.5. The van der Waals surface area contributed by atoms with Crippen LogP contribution in [-0.2, 0) is 16.6 Å². The van der Waals surface area contributed by atoms with Crippen LogP contribution in [0, 0.1) is 44.8 Å². The number of para-hydroxylation sites is 1. The highest BCUT2D eigenvalue weighted by molar-refractivity contribution is 5.94. The van der Waals surface area contributed by atoms with E-state index in [1.807, 2.05) is 0 Å². The summed E-state index contributed by atoms with van der Waals surface area (Å²) in [5.74, 6) is 1.06. The van der Waals surface area contributed by atoms with Crippen molar-refractivity contribution in [3.8, 4) is 0 Å². The van der Waals surface area contributed by atoms with Crippen molar-refractivity contribution in [1.29, 1.82) is 0 Å². The molecule has 7 atom stereocenters. The Bertz CT molecular complexity index is 1780. The fraction of sp³-hybridized carbons (Fsp3) is 0.641. The third-order valence-electron chi connectivity index (χ3n) is 15.3. The van der Waals surface area contributed by atoms with E-state index in [0.717, 1.165) is 56.9 Å². The smallest absolute Gasteiger partial charge is 0.310 e. The van der Waals surface area contributed by atoms with Gasteiger partial charge in [-0.25, -0.2) is 0 Å². The minimum Gasteiger partial charge on any atom is -0.481 e. The summed E-state index contributed by atoms with van der Waals surface area (Å²) in [4.78, 5) is 17.1. The number of anilines is 1. The molecule has 0 spiro atoms. The monoisotopic (exact) mass is 608 g/mol. The summed E-state index contributed by atoms with van der Waals surface area (Å²) in [5.41, 5.74) is 13.8. The molecule has 0 aliphatic heterocycles. The molecule has 0 radical (unpaired) electrons. The van der Waals surface area contributed by atoms with Crippen LogP contribution in [0.5, 0.6) is 0 Å². The van der Waals surface area contributed by atoms with Gasteiger partial charge in [-0.15, -0.1) is 0 Å². The van der Waals surface area contributed by atoms with Crippen LogP contribution in [0.1, 0.15) is 117 Å². The molecule has 5 aliphatic carbocycles. The molecule has 8 rings (SSSR count). The van der Waals surface area contributed by atoms with Gasteiger partial charge in [0, 0.05) is 39.3 Å². The first-order valence-corrected chi connectivity index (χ1v) is 17.5. The molecule has 2 heterocycles. The molecule has 6 nitrogen and oxygen atoms in total. The average Bonchev–Trinajstić information content (AvgIpc) is 3.56. The zero-order valence-corrected chi connectivity index (χ0v) is 28.4. The van der Waals surface area contributed by atoms with E-state index in [1.165, 1.54) is 39.8 Å². The lowest BCUT2D eigenvalue weighted by Gasteiger charge is -2.71. The summed E-state index contributed by atoms with van der Waals surface area (Å²) in [7, 11) is 0. The van der Waals surface area contributed by atoms with Gasteiger partial charge in [-0.2, -0.15) is 5.10 Å². The lowest BCUT2D eigenvalue weighted by atomic mass is 9.33. The molecule has 0 saturated heterocycles. The van der Waals surface area contributed by atoms with Crippen LogP contribution in [0.4, 0.5) is 5.82 Å². The molecule has 240 valence electrons. The Morgan fingerprint density at radius 2 is 1.71 bits per heavy atom. The predicted octanol–water partition coefficient (Wildman–Crippen LogP) is 8.90. The number of benzene rings is 1. The number of H-pyrrole nitrogens is 2. The van der Waals surface area contributed by atoms with Gasteiger partial charge < -0.3 is 15.8 Å². The van der Waals surface area contributed by atoms with Crippen molar-refractivity contribution in [1.82, 2.24) is 15.2 Å². The van der Waals surface area contributed by atoms with Gasteiger partial charge in [-0.3, -0.25) is 9.89 Å². The molecule has 0 bridgehead atoms. The summed E-state index contributed by atoms with van der Waals surface area (Å²) in [6.07, 6.45) is 10.9. The Labute approximate surface area is 268 Å². The normalized spacial score (nSPS) is 39.8. The summed E-state index contributed by atoms with van der Waals surface area (Å²) in [6, 6.07) is 8.68. The predicted molar refractivity (Wildman–Crippen MR) is 181 cm³/mol. The molecule has 3 aromatic rings. The first-order valence-electron chi connectivity index (χ1n) is 17.5. The number of aromatic amines is 2. The van der Waals surface area contributed by atoms with Crippen LogP contribution in [-0.4, -0.2) is 26.3 Å². The standard InChI is InChI=1S/C39H52N4O2/c1-34(2)14-16-39(33(44)45)17-15-38(7)30(26(39)20-34)23(25-21-41-27-11-9-8-10-22(25)27)18-29-36(5)19-24-31(42-43-32(24)40)35(3,4)28(36)12-13-37(29,38)6/h8-11,21,26,28-29,41H,12-20H2,1-7H3,(H,44,45)(H3,40,42,43)/t26-,28-,29?,36-,37+,38+,39-/m0/s1. The zero-order valence-electron chi connectivity index (χ0n) is 28.4. The van der Waals surface area contributed by atoms with Crippen LogP contribution in [0.25, 0.3) is 16.5 Å². The number of nitrogens with two attached hydrogens (primary N) is 1. The summed E-state index contributed by atoms with van der Waals surface area (Å²) in [5, 5.41) is 20.2. The number of aliphatic carboxylic acids is 1. The highest BCUT2D eigenvalue weighted by Gasteiger charge is 2.70. The number of rotatable bonds is 2. The Hall–Kier alpha value is -3.02. The molecule has 0 amide bonds. The van der Waals surface area contributed by atoms with Crippen LogP contribution in [0.15, 0.2) is 36.0 Å². The van der Waals surface area contributed by atoms with Crippen molar-refractivity contribution in [3.05, 3.63) is 52.9 Å². The first kappa shape index (κ1) is 29.4. The van der Waals surface area contributed by atoms with E-state index in [2.05, 4.69) is 94.1 Å². The molecule has 1 unspecified atom stereocenters. The Balaban J connectivity index is 1.41. The number of carbonyl (C=O) groups is 1. The number of carboxylic acid groups (broad SMARTS) is 1. The van der Waals surface area contributed by atoms with Gasteiger partial charge in [0.25, 0.3) is 0 Å². The van der Waals surface area contributed by atoms with E-state index in [0.29, 0.717) is 17.7 Å². The Morgan fingerprint density at radius 3 is 2.47 bits per heavy atom. The molecule has 1 aromatic carbocycles. The van der Waals surface area contributed by atoms with Gasteiger partial charge in [0.05, 0.1) is 5.41 Å². The number of fused-ring (bicyclic) bond motifs is 9. The van der Waals surface area contributed by atoms with Crippen molar-refractivity contribution < 1.29 is 9.90 Å². The van der Waals surface area contributed by atoms with Gasteiger partial charge in [0.1, 0.15) is 5.82 Å². The highest BCUT2D eigenvalue weighted by Crippen LogP contribution is 2.77. The summed E-state index contributed by atoms with van der Waals surface area (Å²) < 4.78 is 0. The fourth-order valence-corrected chi connectivity index (χ4v) is 12.8. The van der Waals surface area contributed by atoms with Gasteiger partial charge in [0.2, 0.25) is 0 Å². The number of nitrogens with zero attached hydrogens (tertiary/aromatic N) is 1. The van der Waals surface area contributed by atoms with Crippen molar-refractivity contribution in [2.24, 2.45) is 44.8 Å². The fourth-order valence-electron chi connectivity index (χ4n) is 12.8. The van der Waals surface area contributed by atoms with E-state index in [9.17, 15) is 9.90 Å². The number of hydrogen-bond donors (Lipinski definition) is 4. The second kappa shape index (κ2) is 8.86. The van der Waals surface area contributed by atoms with Gasteiger partial charge in [-0.05, 0) is 109 Å². The Morgan fingerprint density at radius 1 is 0.978 bits per heavy atom. The maximum Gasteiger partial charge on any atom is 0.310 e. The SMILES string of the molecule is CC1(C)CC[C@]2(C(=O)O)CC[C@]3(C)C(=C(c4c[nH]c5ccccc45)CC4[C@@]5(C)Cc6c(N)n[nH]c6C(C)(C)[C@@H]5CC[C@]43C)[C@@H]2C1. The molecule has 3 fully saturated rings. The summed E-state index contributed by atoms with van der Waals surface area (Å²) in [6.45, 7) is 17.3. The Kier molecular flexibility index (Phi) is 5.79. The van der Waals surface area contributed by atoms with E-state index in [-0.39, 0.29) is 33.0 Å². The molecule has 5 N–H and O–H groups in total. The minimum absolute atomic E-state index is 0.0283. The zero-order chi connectivity index (χ0) is 31.9. The van der Waals surface area contributed by atoms with Crippen molar-refractivity contribution in [2.45, 2.75) is 112 Å². The first-order chi connectivity index (χ1) is 21.1. The van der Waals surface area contributed by atoms with Crippen molar-refractivity contribution >= 4 is 28.3 Å². The second-order valence-electron chi connectivity index (χ2n) is 18.0. The number of hydrogen-bond acceptors (Lipinski definition) is 3. The third-order valence-corrected chi connectivity index (χ3v) is 15.3. The molecule has 45 heavy (non-hydrogen) atoms. The van der Waals surface area contributed by atoms with Crippen LogP contribution >= 0.6 is 0 Å².